The summed E-state index contributed by atoms with van der Waals surface area (Å²) in [6.07, 6.45) is 0. The molecule has 108 valence electrons. The van der Waals surface area contributed by atoms with Crippen molar-refractivity contribution in [3.05, 3.63) is 59.5 Å². The fourth-order valence-electron chi connectivity index (χ4n) is 2.81. The lowest BCUT2D eigenvalue weighted by Crippen LogP contribution is -2.07. The van der Waals surface area contributed by atoms with Crippen LogP contribution in [0.25, 0.3) is 10.8 Å². The number of aryl methyl sites for hydroxylation is 2. The second-order valence-electron chi connectivity index (χ2n) is 5.41. The molecule has 3 aromatic rings. The first kappa shape index (κ1) is 13.6. The lowest BCUT2D eigenvalue weighted by Gasteiger charge is -2.17. The number of nitrogens with one attached hydrogen (secondary N) is 1. The van der Waals surface area contributed by atoms with Crippen LogP contribution >= 0.6 is 0 Å². The van der Waals surface area contributed by atoms with E-state index in [1.807, 2.05) is 44.2 Å². The Labute approximate surface area is 124 Å². The largest absolute Gasteiger partial charge is 0.507 e. The van der Waals surface area contributed by atoms with Gasteiger partial charge in [0.05, 0.1) is 6.04 Å². The minimum Gasteiger partial charge on any atom is -0.507 e. The highest BCUT2D eigenvalue weighted by atomic mass is 16.3. The molecule has 0 saturated carbocycles. The van der Waals surface area contributed by atoms with E-state index in [1.165, 1.54) is 0 Å². The molecule has 2 aromatic carbocycles. The van der Waals surface area contributed by atoms with E-state index in [2.05, 4.69) is 18.3 Å². The molecule has 3 rings (SSSR count). The topological polar surface area (TPSA) is 45.4 Å². The van der Waals surface area contributed by atoms with Gasteiger partial charge in [-0.15, -0.1) is 0 Å². The number of hydrogen-bond donors (Lipinski definition) is 2. The monoisotopic (exact) mass is 281 g/mol. The quantitative estimate of drug-likeness (QED) is 0.715. The number of rotatable bonds is 3. The van der Waals surface area contributed by atoms with Gasteiger partial charge in [0.1, 0.15) is 17.3 Å². The van der Waals surface area contributed by atoms with Gasteiger partial charge in [-0.05, 0) is 39.0 Å². The summed E-state index contributed by atoms with van der Waals surface area (Å²) in [4.78, 5) is 0. The van der Waals surface area contributed by atoms with E-state index < -0.39 is 0 Å². The Bertz CT molecular complexity index is 789. The molecule has 1 atom stereocenters. The van der Waals surface area contributed by atoms with Crippen molar-refractivity contribution in [3.8, 4) is 5.75 Å². The molecule has 0 aliphatic heterocycles. The summed E-state index contributed by atoms with van der Waals surface area (Å²) >= 11 is 0. The highest BCUT2D eigenvalue weighted by molar-refractivity contribution is 5.97. The predicted octanol–water partition coefficient (Wildman–Crippen LogP) is 4.93. The number of phenolic OH excluding ortho intramolecular Hbond substituents is 1. The van der Waals surface area contributed by atoms with Crippen molar-refractivity contribution in [2.24, 2.45) is 0 Å². The molecule has 21 heavy (non-hydrogen) atoms. The van der Waals surface area contributed by atoms with Gasteiger partial charge in [-0.3, -0.25) is 0 Å². The molecule has 0 bridgehead atoms. The number of aromatic hydroxyl groups is 1. The zero-order valence-corrected chi connectivity index (χ0v) is 12.5. The number of hydrogen-bond acceptors (Lipinski definition) is 3. The van der Waals surface area contributed by atoms with Crippen molar-refractivity contribution in [1.29, 1.82) is 0 Å². The van der Waals surface area contributed by atoms with Crippen molar-refractivity contribution in [2.75, 3.05) is 5.32 Å². The number of anilines is 1. The van der Waals surface area contributed by atoms with E-state index in [9.17, 15) is 5.11 Å². The highest BCUT2D eigenvalue weighted by Crippen LogP contribution is 2.32. The Balaban J connectivity index is 1.98. The van der Waals surface area contributed by atoms with E-state index in [0.717, 1.165) is 33.5 Å². The first-order valence-corrected chi connectivity index (χ1v) is 7.10. The van der Waals surface area contributed by atoms with E-state index in [-0.39, 0.29) is 6.04 Å². The minimum atomic E-state index is 0.135. The Morgan fingerprint density at radius 2 is 1.76 bits per heavy atom. The van der Waals surface area contributed by atoms with E-state index in [0.29, 0.717) is 5.75 Å². The summed E-state index contributed by atoms with van der Waals surface area (Å²) in [5.41, 5.74) is 2.17. The average Bonchev–Trinajstić information content (AvgIpc) is 2.79. The molecule has 0 fully saturated rings. The number of furan rings is 1. The fourth-order valence-corrected chi connectivity index (χ4v) is 2.81. The van der Waals surface area contributed by atoms with E-state index >= 15 is 0 Å². The third-order valence-electron chi connectivity index (χ3n) is 3.82. The normalized spacial score (nSPS) is 12.5. The van der Waals surface area contributed by atoms with Gasteiger partial charge in [-0.25, -0.2) is 0 Å². The molecule has 3 heteroatoms. The zero-order valence-electron chi connectivity index (χ0n) is 12.5. The maximum Gasteiger partial charge on any atom is 0.123 e. The molecule has 0 aliphatic carbocycles. The summed E-state index contributed by atoms with van der Waals surface area (Å²) < 4.78 is 5.60. The Morgan fingerprint density at radius 1 is 1.05 bits per heavy atom. The van der Waals surface area contributed by atoms with Crippen LogP contribution in [0.15, 0.2) is 46.9 Å². The number of fused-ring (bicyclic) bond motifs is 1. The van der Waals surface area contributed by atoms with Gasteiger partial charge < -0.3 is 14.8 Å². The Kier molecular flexibility index (Phi) is 3.34. The first-order chi connectivity index (χ1) is 10.1. The Morgan fingerprint density at radius 3 is 2.48 bits per heavy atom. The van der Waals surface area contributed by atoms with Gasteiger partial charge in [0.15, 0.2) is 0 Å². The van der Waals surface area contributed by atoms with Crippen LogP contribution in [0.4, 0.5) is 5.69 Å². The third-order valence-corrected chi connectivity index (χ3v) is 3.82. The molecule has 0 spiro atoms. The molecule has 2 N–H and O–H groups in total. The summed E-state index contributed by atoms with van der Waals surface area (Å²) in [7, 11) is 0. The summed E-state index contributed by atoms with van der Waals surface area (Å²) in [5, 5.41) is 15.3. The van der Waals surface area contributed by atoms with Crippen LogP contribution in [-0.2, 0) is 0 Å². The average molecular weight is 281 g/mol. The smallest absolute Gasteiger partial charge is 0.123 e. The second-order valence-corrected chi connectivity index (χ2v) is 5.41. The van der Waals surface area contributed by atoms with Gasteiger partial charge in [0.2, 0.25) is 0 Å². The SMILES string of the molecule is Cc1cc(C(C)Nc2cccc3c(O)cccc23)c(C)o1. The predicted molar refractivity (Wildman–Crippen MR) is 85.8 cm³/mol. The van der Waals surface area contributed by atoms with Crippen molar-refractivity contribution < 1.29 is 9.52 Å². The number of phenols is 1. The van der Waals surface area contributed by atoms with Crippen LogP contribution in [0.1, 0.15) is 30.0 Å². The van der Waals surface area contributed by atoms with Crippen LogP contribution in [0.2, 0.25) is 0 Å². The maximum absolute atomic E-state index is 9.95. The van der Waals surface area contributed by atoms with Gasteiger partial charge in [0.25, 0.3) is 0 Å². The van der Waals surface area contributed by atoms with Gasteiger partial charge in [-0.1, -0.05) is 24.3 Å². The first-order valence-electron chi connectivity index (χ1n) is 7.10. The molecule has 1 unspecified atom stereocenters. The van der Waals surface area contributed by atoms with Crippen LogP contribution in [0.5, 0.6) is 5.75 Å². The molecule has 0 amide bonds. The molecule has 3 nitrogen and oxygen atoms in total. The third kappa shape index (κ3) is 2.47. The lowest BCUT2D eigenvalue weighted by atomic mass is 10.1. The minimum absolute atomic E-state index is 0.135. The molecule has 0 aliphatic rings. The van der Waals surface area contributed by atoms with Gasteiger partial charge in [-0.2, -0.15) is 0 Å². The zero-order chi connectivity index (χ0) is 15.0. The highest BCUT2D eigenvalue weighted by Gasteiger charge is 2.14. The van der Waals surface area contributed by atoms with Crippen LogP contribution in [0, 0.1) is 13.8 Å². The van der Waals surface area contributed by atoms with Crippen LogP contribution in [0.3, 0.4) is 0 Å². The van der Waals surface area contributed by atoms with Crippen molar-refractivity contribution in [2.45, 2.75) is 26.8 Å². The Hall–Kier alpha value is -2.42. The van der Waals surface area contributed by atoms with Crippen LogP contribution in [-0.4, -0.2) is 5.11 Å². The molecular weight excluding hydrogens is 262 g/mol. The van der Waals surface area contributed by atoms with Crippen LogP contribution < -0.4 is 5.32 Å². The number of benzene rings is 2. The van der Waals surface area contributed by atoms with Crippen molar-refractivity contribution >= 4 is 16.5 Å². The fraction of sp³-hybridized carbons (Fsp3) is 0.222. The van der Waals surface area contributed by atoms with Gasteiger partial charge in [0, 0.05) is 22.0 Å². The second kappa shape index (κ2) is 5.17. The van der Waals surface area contributed by atoms with E-state index in [1.54, 1.807) is 6.07 Å². The maximum atomic E-state index is 9.95. The van der Waals surface area contributed by atoms with E-state index in [4.69, 9.17) is 4.42 Å². The van der Waals surface area contributed by atoms with Crippen molar-refractivity contribution in [1.82, 2.24) is 0 Å². The molecular formula is C18H19NO2. The standard InChI is InChI=1S/C18H19NO2/c1-11-10-16(13(3)21-11)12(2)19-17-8-4-7-15-14(17)6-5-9-18(15)20/h4-10,12,19-20H,1-3H3. The molecule has 1 aromatic heterocycles. The molecule has 0 radical (unpaired) electrons. The molecule has 0 saturated heterocycles. The lowest BCUT2D eigenvalue weighted by molar-refractivity contribution is 0.481. The van der Waals surface area contributed by atoms with Gasteiger partial charge >= 0.3 is 0 Å². The summed E-state index contributed by atoms with van der Waals surface area (Å²) in [6.45, 7) is 6.05. The summed E-state index contributed by atoms with van der Waals surface area (Å²) in [5.74, 6) is 2.17. The van der Waals surface area contributed by atoms with Crippen molar-refractivity contribution in [3.63, 3.8) is 0 Å². The molecule has 1 heterocycles. The summed E-state index contributed by atoms with van der Waals surface area (Å²) in [6, 6.07) is 13.7.